The quantitative estimate of drug-likeness (QED) is 0.663. The summed E-state index contributed by atoms with van der Waals surface area (Å²) >= 11 is 0. The van der Waals surface area contributed by atoms with Crippen molar-refractivity contribution in [2.24, 2.45) is 16.7 Å². The zero-order valence-corrected chi connectivity index (χ0v) is 12.3. The van der Waals surface area contributed by atoms with Gasteiger partial charge in [-0.1, -0.05) is 27.7 Å². The molecule has 0 aromatic heterocycles. The summed E-state index contributed by atoms with van der Waals surface area (Å²) in [6.07, 6.45) is 0. The van der Waals surface area contributed by atoms with Gasteiger partial charge in [0, 0.05) is 6.54 Å². The van der Waals surface area contributed by atoms with E-state index < -0.39 is 31.1 Å². The summed E-state index contributed by atoms with van der Waals surface area (Å²) in [6.45, 7) is 8.03. The third-order valence-electron chi connectivity index (χ3n) is 4.50. The molecule has 0 bridgehead atoms. The molecule has 114 valence electrons. The Morgan fingerprint density at radius 1 is 1.10 bits per heavy atom. The number of carbonyl (C=O) groups is 3. The van der Waals surface area contributed by atoms with Crippen LogP contribution in [0.4, 0.5) is 4.79 Å². The van der Waals surface area contributed by atoms with Gasteiger partial charge in [0.1, 0.15) is 13.2 Å². The Kier molecular flexibility index (Phi) is 4.75. The van der Waals surface area contributed by atoms with Gasteiger partial charge in [0.2, 0.25) is 0 Å². The van der Waals surface area contributed by atoms with Crippen molar-refractivity contribution >= 4 is 17.9 Å². The van der Waals surface area contributed by atoms with Gasteiger partial charge in [-0.2, -0.15) is 0 Å². The summed E-state index contributed by atoms with van der Waals surface area (Å²) in [6, 6.07) is -0.590. The first-order valence-corrected chi connectivity index (χ1v) is 6.46. The van der Waals surface area contributed by atoms with E-state index in [0.717, 1.165) is 0 Å². The maximum atomic E-state index is 11.5. The summed E-state index contributed by atoms with van der Waals surface area (Å²) in [4.78, 5) is 32.9. The predicted molar refractivity (Wildman–Crippen MR) is 71.0 cm³/mol. The normalized spacial score (nSPS) is 19.2. The number of rotatable bonds is 6. The average molecular weight is 286 g/mol. The lowest BCUT2D eigenvalue weighted by molar-refractivity contribution is -0.143. The third-order valence-corrected chi connectivity index (χ3v) is 4.50. The number of hydrogen-bond acceptors (Lipinski definition) is 4. The minimum atomic E-state index is -1.17. The van der Waals surface area contributed by atoms with Crippen LogP contribution >= 0.6 is 0 Å². The second kappa shape index (κ2) is 5.78. The fourth-order valence-electron chi connectivity index (χ4n) is 2.48. The lowest BCUT2D eigenvalue weighted by Crippen LogP contribution is -2.42. The van der Waals surface area contributed by atoms with Crippen molar-refractivity contribution in [1.29, 1.82) is 0 Å². The number of urea groups is 1. The van der Waals surface area contributed by atoms with Gasteiger partial charge in [-0.25, -0.2) is 9.59 Å². The Morgan fingerprint density at radius 3 is 2.10 bits per heavy atom. The molecule has 3 N–H and O–H groups in total. The van der Waals surface area contributed by atoms with Crippen LogP contribution in [0.1, 0.15) is 27.7 Å². The summed E-state index contributed by atoms with van der Waals surface area (Å²) in [5, 5.41) is 13.1. The van der Waals surface area contributed by atoms with Crippen molar-refractivity contribution in [3.05, 3.63) is 0 Å². The molecule has 1 aliphatic rings. The molecule has 0 aliphatic heterocycles. The van der Waals surface area contributed by atoms with Crippen LogP contribution in [0.25, 0.3) is 0 Å². The van der Waals surface area contributed by atoms with Gasteiger partial charge in [-0.15, -0.1) is 0 Å². The van der Waals surface area contributed by atoms with E-state index in [1.165, 1.54) is 0 Å². The van der Waals surface area contributed by atoms with Gasteiger partial charge in [0.15, 0.2) is 0 Å². The standard InChI is InChI=1S/C13H22N2O5/c1-12(2)8(13(12,3)4)5-14-11(19)15-9(16)6-20-7-10(17)18/h8H,5-7H2,1-4H3,(H,17,18)(H2,14,15,16,19). The van der Waals surface area contributed by atoms with E-state index in [4.69, 9.17) is 5.11 Å². The molecule has 0 spiro atoms. The fraction of sp³-hybridized carbons (Fsp3) is 0.769. The van der Waals surface area contributed by atoms with Gasteiger partial charge in [-0.3, -0.25) is 10.1 Å². The summed E-state index contributed by atoms with van der Waals surface area (Å²) in [7, 11) is 0. The molecule has 1 saturated carbocycles. The SMILES string of the molecule is CC1(C)C(CNC(=O)NC(=O)COCC(=O)O)C1(C)C. The molecule has 7 heteroatoms. The third kappa shape index (κ3) is 3.69. The Bertz CT molecular complexity index is 403. The highest BCUT2D eigenvalue weighted by molar-refractivity contribution is 5.94. The Hall–Kier alpha value is -1.63. The van der Waals surface area contributed by atoms with Crippen LogP contribution < -0.4 is 10.6 Å². The molecule has 1 aliphatic carbocycles. The first-order valence-electron chi connectivity index (χ1n) is 6.46. The zero-order valence-electron chi connectivity index (χ0n) is 12.3. The number of hydrogen-bond donors (Lipinski definition) is 3. The van der Waals surface area contributed by atoms with Gasteiger partial charge < -0.3 is 15.2 Å². The minimum Gasteiger partial charge on any atom is -0.480 e. The van der Waals surface area contributed by atoms with Crippen molar-refractivity contribution in [2.45, 2.75) is 27.7 Å². The summed E-state index contributed by atoms with van der Waals surface area (Å²) in [5.41, 5.74) is 0.323. The number of carbonyl (C=O) groups excluding carboxylic acids is 2. The van der Waals surface area contributed by atoms with Crippen LogP contribution in [0.3, 0.4) is 0 Å². The molecule has 0 heterocycles. The molecule has 0 atom stereocenters. The Balaban J connectivity index is 2.21. The van der Waals surface area contributed by atoms with E-state index in [1.54, 1.807) is 0 Å². The molecule has 1 rings (SSSR count). The number of amides is 3. The molecular weight excluding hydrogens is 264 g/mol. The predicted octanol–water partition coefficient (Wildman–Crippen LogP) is 0.596. The largest absolute Gasteiger partial charge is 0.480 e. The van der Waals surface area contributed by atoms with Crippen LogP contribution in [0.2, 0.25) is 0 Å². The topological polar surface area (TPSA) is 105 Å². The van der Waals surface area contributed by atoms with E-state index >= 15 is 0 Å². The van der Waals surface area contributed by atoms with E-state index in [2.05, 4.69) is 43.1 Å². The highest BCUT2D eigenvalue weighted by Crippen LogP contribution is 2.67. The molecule has 7 nitrogen and oxygen atoms in total. The number of nitrogens with one attached hydrogen (secondary N) is 2. The van der Waals surface area contributed by atoms with Crippen LogP contribution in [-0.2, 0) is 14.3 Å². The molecule has 0 aromatic rings. The van der Waals surface area contributed by atoms with Crippen molar-refractivity contribution < 1.29 is 24.2 Å². The van der Waals surface area contributed by atoms with Gasteiger partial charge in [0.05, 0.1) is 0 Å². The second-order valence-electron chi connectivity index (χ2n) is 6.14. The van der Waals surface area contributed by atoms with Crippen LogP contribution in [0.5, 0.6) is 0 Å². The molecule has 0 saturated heterocycles. The first kappa shape index (κ1) is 16.4. The number of imide groups is 1. The molecule has 1 fully saturated rings. The minimum absolute atomic E-state index is 0.162. The molecule has 20 heavy (non-hydrogen) atoms. The maximum Gasteiger partial charge on any atom is 0.329 e. The Morgan fingerprint density at radius 2 is 1.65 bits per heavy atom. The van der Waals surface area contributed by atoms with Gasteiger partial charge in [-0.05, 0) is 16.7 Å². The Labute approximate surface area is 118 Å². The van der Waals surface area contributed by atoms with Crippen molar-refractivity contribution in [3.8, 4) is 0 Å². The number of ether oxygens (including phenoxy) is 1. The number of aliphatic carboxylic acids is 1. The second-order valence-corrected chi connectivity index (χ2v) is 6.14. The molecule has 3 amide bonds. The van der Waals surface area contributed by atoms with Crippen LogP contribution in [0.15, 0.2) is 0 Å². The van der Waals surface area contributed by atoms with E-state index in [1.807, 2.05) is 0 Å². The summed E-state index contributed by atoms with van der Waals surface area (Å²) in [5.74, 6) is -1.47. The maximum absolute atomic E-state index is 11.5. The lowest BCUT2D eigenvalue weighted by atomic mass is 10.0. The van der Waals surface area contributed by atoms with E-state index in [-0.39, 0.29) is 10.8 Å². The smallest absolute Gasteiger partial charge is 0.329 e. The summed E-state index contributed by atoms with van der Waals surface area (Å²) < 4.78 is 4.57. The van der Waals surface area contributed by atoms with E-state index in [0.29, 0.717) is 12.5 Å². The van der Waals surface area contributed by atoms with Crippen molar-refractivity contribution in [2.75, 3.05) is 19.8 Å². The van der Waals surface area contributed by atoms with Gasteiger partial charge >= 0.3 is 12.0 Å². The van der Waals surface area contributed by atoms with Crippen LogP contribution in [0, 0.1) is 16.7 Å². The molecule has 0 aromatic carbocycles. The highest BCUT2D eigenvalue weighted by atomic mass is 16.5. The zero-order chi connectivity index (χ0) is 15.6. The highest BCUT2D eigenvalue weighted by Gasteiger charge is 2.64. The average Bonchev–Trinajstić information content (AvgIpc) is 2.66. The van der Waals surface area contributed by atoms with Crippen molar-refractivity contribution in [1.82, 2.24) is 10.6 Å². The molecule has 0 unspecified atom stereocenters. The number of carboxylic acids is 1. The molecular formula is C13H22N2O5. The van der Waals surface area contributed by atoms with E-state index in [9.17, 15) is 14.4 Å². The first-order chi connectivity index (χ1) is 9.09. The fourth-order valence-corrected chi connectivity index (χ4v) is 2.48. The van der Waals surface area contributed by atoms with Gasteiger partial charge in [0.25, 0.3) is 5.91 Å². The van der Waals surface area contributed by atoms with Crippen molar-refractivity contribution in [3.63, 3.8) is 0 Å². The monoisotopic (exact) mass is 286 g/mol. The number of carboxylic acid groups (broad SMARTS) is 1. The van der Waals surface area contributed by atoms with Crippen LogP contribution in [-0.4, -0.2) is 42.8 Å². The molecule has 0 radical (unpaired) electrons. The lowest BCUT2D eigenvalue weighted by Gasteiger charge is -2.07.